The molecule has 1 amide bonds. The lowest BCUT2D eigenvalue weighted by atomic mass is 10.1. The first-order chi connectivity index (χ1) is 11.0. The summed E-state index contributed by atoms with van der Waals surface area (Å²) < 4.78 is 36.6. The number of carbonyl (C=O) groups is 2. The first-order valence-corrected chi connectivity index (χ1v) is 6.56. The predicted octanol–water partition coefficient (Wildman–Crippen LogP) is 2.60. The number of rotatable bonds is 5. The van der Waals surface area contributed by atoms with E-state index in [1.165, 1.54) is 12.3 Å². The molecule has 0 aliphatic carbocycles. The predicted molar refractivity (Wildman–Crippen MR) is 77.0 cm³/mol. The van der Waals surface area contributed by atoms with Crippen LogP contribution in [-0.4, -0.2) is 19.0 Å². The summed E-state index contributed by atoms with van der Waals surface area (Å²) in [7, 11) is 1.08. The van der Waals surface area contributed by atoms with Gasteiger partial charge in [-0.05, 0) is 36.4 Å². The van der Waals surface area contributed by atoms with Crippen LogP contribution >= 0.6 is 0 Å². The average molecular weight is 321 g/mol. The third-order valence-electron chi connectivity index (χ3n) is 2.93. The van der Waals surface area contributed by atoms with E-state index < -0.39 is 29.6 Å². The normalized spacial score (nSPS) is 12.1. The Morgan fingerprint density at radius 1 is 1.30 bits per heavy atom. The number of hydrogen-bond donors (Lipinski definition) is 1. The van der Waals surface area contributed by atoms with Crippen molar-refractivity contribution >= 4 is 18.0 Å². The molecule has 0 saturated heterocycles. The number of ether oxygens (including phenoxy) is 1. The Morgan fingerprint density at radius 3 is 2.74 bits per heavy atom. The molecule has 2 rings (SSSR count). The number of benzene rings is 1. The van der Waals surface area contributed by atoms with Gasteiger partial charge in [0.05, 0.1) is 13.4 Å². The third-order valence-corrected chi connectivity index (χ3v) is 2.93. The summed E-state index contributed by atoms with van der Waals surface area (Å²) in [6.45, 7) is 0. The zero-order chi connectivity index (χ0) is 16.8. The van der Waals surface area contributed by atoms with Crippen LogP contribution in [0.1, 0.15) is 17.4 Å². The first-order valence-electron chi connectivity index (χ1n) is 6.56. The highest BCUT2D eigenvalue weighted by Gasteiger charge is 2.26. The van der Waals surface area contributed by atoms with Crippen LogP contribution in [0.3, 0.4) is 0 Å². The molecule has 0 aliphatic rings. The molecule has 0 fully saturated rings. The van der Waals surface area contributed by atoms with E-state index in [4.69, 9.17) is 4.42 Å². The van der Waals surface area contributed by atoms with Crippen molar-refractivity contribution in [3.8, 4) is 0 Å². The maximum absolute atomic E-state index is 13.8. The van der Waals surface area contributed by atoms with Gasteiger partial charge in [0.1, 0.15) is 17.4 Å². The Labute approximate surface area is 130 Å². The highest BCUT2D eigenvalue weighted by atomic mass is 19.1. The molecule has 0 radical (unpaired) electrons. The van der Waals surface area contributed by atoms with Crippen LogP contribution in [0.4, 0.5) is 8.78 Å². The van der Waals surface area contributed by atoms with E-state index in [1.54, 1.807) is 12.1 Å². The highest BCUT2D eigenvalue weighted by molar-refractivity contribution is 5.94. The molecule has 120 valence electrons. The van der Waals surface area contributed by atoms with E-state index in [2.05, 4.69) is 10.1 Å². The molecule has 0 spiro atoms. The molecular weight excluding hydrogens is 308 g/mol. The Kier molecular flexibility index (Phi) is 5.24. The van der Waals surface area contributed by atoms with Gasteiger partial charge in [-0.25, -0.2) is 13.6 Å². The fourth-order valence-corrected chi connectivity index (χ4v) is 1.85. The molecule has 0 aliphatic heterocycles. The van der Waals surface area contributed by atoms with Crippen molar-refractivity contribution in [2.75, 3.05) is 7.11 Å². The van der Waals surface area contributed by atoms with Crippen molar-refractivity contribution in [2.24, 2.45) is 0 Å². The fourth-order valence-electron chi connectivity index (χ4n) is 1.85. The van der Waals surface area contributed by atoms with E-state index in [0.717, 1.165) is 31.4 Å². The zero-order valence-electron chi connectivity index (χ0n) is 12.1. The van der Waals surface area contributed by atoms with E-state index in [0.29, 0.717) is 5.76 Å². The van der Waals surface area contributed by atoms with Crippen molar-refractivity contribution in [2.45, 2.75) is 6.04 Å². The van der Waals surface area contributed by atoms with Crippen LogP contribution in [0.25, 0.3) is 6.08 Å². The molecule has 5 nitrogen and oxygen atoms in total. The topological polar surface area (TPSA) is 68.5 Å². The fraction of sp³-hybridized carbons (Fsp3) is 0.125. The number of nitrogens with one attached hydrogen (secondary N) is 1. The van der Waals surface area contributed by atoms with Crippen LogP contribution in [0.2, 0.25) is 0 Å². The van der Waals surface area contributed by atoms with Gasteiger partial charge in [0.2, 0.25) is 5.91 Å². The van der Waals surface area contributed by atoms with Crippen LogP contribution in [0, 0.1) is 11.6 Å². The van der Waals surface area contributed by atoms with Gasteiger partial charge in [-0.2, -0.15) is 0 Å². The second kappa shape index (κ2) is 7.35. The molecule has 1 unspecified atom stereocenters. The van der Waals surface area contributed by atoms with Gasteiger partial charge in [-0.15, -0.1) is 0 Å². The van der Waals surface area contributed by atoms with Crippen LogP contribution in [0.5, 0.6) is 0 Å². The zero-order valence-corrected chi connectivity index (χ0v) is 12.1. The summed E-state index contributed by atoms with van der Waals surface area (Å²) in [5.74, 6) is -2.77. The molecule has 0 bridgehead atoms. The molecular formula is C16H13F2NO4. The Morgan fingerprint density at radius 2 is 2.09 bits per heavy atom. The van der Waals surface area contributed by atoms with Crippen molar-refractivity contribution < 1.29 is 27.5 Å². The lowest BCUT2D eigenvalue weighted by molar-refractivity contribution is -0.144. The summed E-state index contributed by atoms with van der Waals surface area (Å²) in [6.07, 6.45) is 3.90. The summed E-state index contributed by atoms with van der Waals surface area (Å²) in [5.41, 5.74) is -0.323. The maximum atomic E-state index is 13.8. The number of amides is 1. The van der Waals surface area contributed by atoms with Crippen molar-refractivity contribution in [3.63, 3.8) is 0 Å². The Hall–Kier alpha value is -2.96. The molecule has 1 aromatic heterocycles. The minimum absolute atomic E-state index is 0.323. The Bertz CT molecular complexity index is 726. The highest BCUT2D eigenvalue weighted by Crippen LogP contribution is 2.20. The second-order valence-electron chi connectivity index (χ2n) is 4.48. The van der Waals surface area contributed by atoms with Gasteiger partial charge in [-0.1, -0.05) is 0 Å². The van der Waals surface area contributed by atoms with E-state index in [1.807, 2.05) is 0 Å². The van der Waals surface area contributed by atoms with Gasteiger partial charge in [-0.3, -0.25) is 4.79 Å². The number of carbonyl (C=O) groups excluding carboxylic acids is 2. The standard InChI is InChI=1S/C16H13F2NO4/c1-22-16(21)15(12-9-10(17)4-6-13(12)18)19-14(20)7-5-11-3-2-8-23-11/h2-9,15H,1H3,(H,19,20)/b7-5+. The van der Waals surface area contributed by atoms with Gasteiger partial charge in [0.25, 0.3) is 0 Å². The van der Waals surface area contributed by atoms with Crippen molar-refractivity contribution in [1.29, 1.82) is 0 Å². The molecule has 1 heterocycles. The summed E-state index contributed by atoms with van der Waals surface area (Å²) in [5, 5.41) is 2.27. The molecule has 1 N–H and O–H groups in total. The number of esters is 1. The summed E-state index contributed by atoms with van der Waals surface area (Å²) >= 11 is 0. The monoisotopic (exact) mass is 321 g/mol. The lowest BCUT2D eigenvalue weighted by Crippen LogP contribution is -2.34. The van der Waals surface area contributed by atoms with Gasteiger partial charge >= 0.3 is 5.97 Å². The molecule has 1 atom stereocenters. The van der Waals surface area contributed by atoms with E-state index in [9.17, 15) is 18.4 Å². The molecule has 2 aromatic rings. The van der Waals surface area contributed by atoms with E-state index >= 15 is 0 Å². The number of furan rings is 1. The smallest absolute Gasteiger partial charge is 0.333 e. The Balaban J connectivity index is 2.20. The minimum Gasteiger partial charge on any atom is -0.467 e. The van der Waals surface area contributed by atoms with Crippen LogP contribution < -0.4 is 5.32 Å². The lowest BCUT2D eigenvalue weighted by Gasteiger charge is -2.16. The number of halogens is 2. The van der Waals surface area contributed by atoms with E-state index in [-0.39, 0.29) is 5.56 Å². The van der Waals surface area contributed by atoms with Crippen molar-refractivity contribution in [3.05, 3.63) is 65.6 Å². The first kappa shape index (κ1) is 16.4. The molecule has 7 heteroatoms. The average Bonchev–Trinajstić information content (AvgIpc) is 3.06. The number of hydrogen-bond acceptors (Lipinski definition) is 4. The van der Waals surface area contributed by atoms with Crippen LogP contribution in [-0.2, 0) is 14.3 Å². The second-order valence-corrected chi connectivity index (χ2v) is 4.48. The molecule has 1 aromatic carbocycles. The largest absolute Gasteiger partial charge is 0.467 e. The van der Waals surface area contributed by atoms with Gasteiger partial charge in [0, 0.05) is 11.6 Å². The third kappa shape index (κ3) is 4.26. The molecule has 23 heavy (non-hydrogen) atoms. The summed E-state index contributed by atoms with van der Waals surface area (Å²) in [6, 6.07) is 4.39. The molecule has 0 saturated carbocycles. The van der Waals surface area contributed by atoms with Gasteiger partial charge in [0.15, 0.2) is 6.04 Å². The summed E-state index contributed by atoms with van der Waals surface area (Å²) in [4.78, 5) is 23.7. The SMILES string of the molecule is COC(=O)C(NC(=O)/C=C/c1ccco1)c1cc(F)ccc1F. The van der Waals surface area contributed by atoms with Gasteiger partial charge < -0.3 is 14.5 Å². The number of methoxy groups -OCH3 is 1. The maximum Gasteiger partial charge on any atom is 0.333 e. The quantitative estimate of drug-likeness (QED) is 0.679. The minimum atomic E-state index is -1.47. The van der Waals surface area contributed by atoms with Crippen LogP contribution in [0.15, 0.2) is 47.1 Å². The van der Waals surface area contributed by atoms with Crippen molar-refractivity contribution in [1.82, 2.24) is 5.32 Å².